The van der Waals surface area contributed by atoms with E-state index in [9.17, 15) is 17.6 Å². The second-order valence-corrected chi connectivity index (χ2v) is 5.98. The van der Waals surface area contributed by atoms with Gasteiger partial charge in [-0.1, -0.05) is 19.2 Å². The van der Waals surface area contributed by atoms with Crippen molar-refractivity contribution in [2.24, 2.45) is 0 Å². The molecule has 0 aliphatic heterocycles. The number of rotatable bonds is 6. The lowest BCUT2D eigenvalue weighted by Gasteiger charge is -2.12. The summed E-state index contributed by atoms with van der Waals surface area (Å²) in [5.74, 6) is -0.493. The van der Waals surface area contributed by atoms with E-state index in [0.29, 0.717) is 33.8 Å². The summed E-state index contributed by atoms with van der Waals surface area (Å²) in [6, 6.07) is 3.56. The van der Waals surface area contributed by atoms with Gasteiger partial charge in [0.2, 0.25) is 0 Å². The van der Waals surface area contributed by atoms with Crippen LogP contribution in [0, 0.1) is 5.82 Å². The Labute approximate surface area is 157 Å². The zero-order valence-electron chi connectivity index (χ0n) is 14.5. The van der Waals surface area contributed by atoms with Gasteiger partial charge in [-0.3, -0.25) is 15.1 Å². The van der Waals surface area contributed by atoms with E-state index in [1.807, 2.05) is 0 Å². The number of alkyl halides is 3. The van der Waals surface area contributed by atoms with Gasteiger partial charge in [0.05, 0.1) is 23.8 Å². The Hall–Kier alpha value is -3.49. The van der Waals surface area contributed by atoms with Crippen LogP contribution in [-0.4, -0.2) is 20.2 Å². The van der Waals surface area contributed by atoms with E-state index < -0.39 is 17.7 Å². The first kappa shape index (κ1) is 19.3. The molecule has 2 N–H and O–H groups in total. The fourth-order valence-corrected chi connectivity index (χ4v) is 2.49. The first-order chi connectivity index (χ1) is 13.2. The molecule has 3 heterocycles. The number of aromatic amines is 1. The molecule has 0 amide bonds. The monoisotopic (exact) mass is 389 g/mol. The van der Waals surface area contributed by atoms with Crippen molar-refractivity contribution in [2.45, 2.75) is 12.6 Å². The number of aromatic nitrogens is 4. The Morgan fingerprint density at radius 3 is 2.54 bits per heavy atom. The van der Waals surface area contributed by atoms with Crippen LogP contribution in [0.1, 0.15) is 22.5 Å². The van der Waals surface area contributed by atoms with Gasteiger partial charge in [-0.25, -0.2) is 4.39 Å². The fourth-order valence-electron chi connectivity index (χ4n) is 2.49. The molecule has 0 saturated carbocycles. The zero-order valence-corrected chi connectivity index (χ0v) is 14.5. The van der Waals surface area contributed by atoms with Crippen LogP contribution in [0.5, 0.6) is 0 Å². The third kappa shape index (κ3) is 4.43. The van der Waals surface area contributed by atoms with E-state index in [1.54, 1.807) is 0 Å². The molecule has 0 atom stereocenters. The minimum Gasteiger partial charge on any atom is -0.352 e. The summed E-state index contributed by atoms with van der Waals surface area (Å²) in [4.78, 5) is 7.21. The third-order valence-corrected chi connectivity index (χ3v) is 3.86. The number of nitrogens with zero attached hydrogens (tertiary/aromatic N) is 3. The maximum Gasteiger partial charge on any atom is 0.433 e. The molecular formula is C19H15F4N5. The van der Waals surface area contributed by atoms with Crippen LogP contribution in [0.15, 0.2) is 56.1 Å². The summed E-state index contributed by atoms with van der Waals surface area (Å²) >= 11 is 0. The van der Waals surface area contributed by atoms with Crippen molar-refractivity contribution in [3.8, 4) is 0 Å². The van der Waals surface area contributed by atoms with E-state index in [0.717, 1.165) is 18.5 Å². The summed E-state index contributed by atoms with van der Waals surface area (Å²) < 4.78 is 51.1. The lowest BCUT2D eigenvalue weighted by molar-refractivity contribution is -0.141. The molecule has 5 nitrogen and oxygen atoms in total. The summed E-state index contributed by atoms with van der Waals surface area (Å²) in [7, 11) is 0. The van der Waals surface area contributed by atoms with Crippen molar-refractivity contribution in [3.05, 3.63) is 84.5 Å². The number of nitrogens with one attached hydrogen (secondary N) is 2. The number of pyridine rings is 2. The van der Waals surface area contributed by atoms with E-state index in [-0.39, 0.29) is 6.42 Å². The van der Waals surface area contributed by atoms with Gasteiger partial charge < -0.3 is 5.32 Å². The predicted octanol–water partition coefficient (Wildman–Crippen LogP) is 4.70. The van der Waals surface area contributed by atoms with Crippen LogP contribution < -0.4 is 5.32 Å². The lowest BCUT2D eigenvalue weighted by atomic mass is 10.0. The van der Waals surface area contributed by atoms with Crippen molar-refractivity contribution in [1.82, 2.24) is 20.2 Å². The molecule has 9 heteroatoms. The molecule has 0 fully saturated rings. The quantitative estimate of drug-likeness (QED) is 0.600. The Morgan fingerprint density at radius 1 is 1.11 bits per heavy atom. The van der Waals surface area contributed by atoms with Gasteiger partial charge in [-0.05, 0) is 23.3 Å². The number of allylic oxidation sites excluding steroid dienone is 1. The van der Waals surface area contributed by atoms with E-state index in [4.69, 9.17) is 0 Å². The van der Waals surface area contributed by atoms with Crippen LogP contribution in [0.25, 0.3) is 11.3 Å². The molecule has 3 aromatic heterocycles. The molecule has 0 radical (unpaired) electrons. The smallest absolute Gasteiger partial charge is 0.352 e. The second-order valence-electron chi connectivity index (χ2n) is 5.98. The minimum atomic E-state index is -4.48. The third-order valence-electron chi connectivity index (χ3n) is 3.86. The first-order valence-electron chi connectivity index (χ1n) is 8.04. The summed E-state index contributed by atoms with van der Waals surface area (Å²) in [5, 5.41) is 9.75. The number of halogens is 4. The van der Waals surface area contributed by atoms with E-state index >= 15 is 0 Å². The molecule has 3 rings (SSSR count). The lowest BCUT2D eigenvalue weighted by Crippen LogP contribution is -2.07. The van der Waals surface area contributed by atoms with Gasteiger partial charge in [0.15, 0.2) is 0 Å². The maximum atomic E-state index is 13.3. The van der Waals surface area contributed by atoms with Crippen LogP contribution in [0.4, 0.5) is 23.2 Å². The Bertz CT molecular complexity index is 1010. The van der Waals surface area contributed by atoms with Crippen molar-refractivity contribution < 1.29 is 17.6 Å². The average Bonchev–Trinajstić information content (AvgIpc) is 3.09. The minimum absolute atomic E-state index is 0.260. The van der Waals surface area contributed by atoms with Crippen molar-refractivity contribution in [1.29, 1.82) is 0 Å². The Morgan fingerprint density at radius 2 is 1.89 bits per heavy atom. The van der Waals surface area contributed by atoms with E-state index in [2.05, 4.69) is 38.6 Å². The summed E-state index contributed by atoms with van der Waals surface area (Å²) in [6.45, 7) is 7.81. The second kappa shape index (κ2) is 7.63. The molecule has 0 aromatic carbocycles. The van der Waals surface area contributed by atoms with Gasteiger partial charge in [-0.2, -0.15) is 18.3 Å². The molecule has 0 aliphatic carbocycles. The molecule has 144 valence electrons. The number of H-pyrrole nitrogens is 1. The standard InChI is InChI=1S/C19H15F4N5/c1-11(5-13-3-4-17(25-7-13)19(21,22)23)18-16(10-26-28-18)27-12(2)14-6-15(20)9-24-8-14/h3-4,6-10,27H,1-2,5H2,(H,26,28). The van der Waals surface area contributed by atoms with Crippen molar-refractivity contribution >= 4 is 17.0 Å². The van der Waals surface area contributed by atoms with Gasteiger partial charge in [0.25, 0.3) is 0 Å². The first-order valence-corrected chi connectivity index (χ1v) is 8.04. The van der Waals surface area contributed by atoms with Gasteiger partial charge >= 0.3 is 6.18 Å². The van der Waals surface area contributed by atoms with Crippen LogP contribution in [0.3, 0.4) is 0 Å². The maximum absolute atomic E-state index is 13.3. The topological polar surface area (TPSA) is 66.5 Å². The van der Waals surface area contributed by atoms with Crippen LogP contribution in [0.2, 0.25) is 0 Å². The molecular weight excluding hydrogens is 374 g/mol. The van der Waals surface area contributed by atoms with Gasteiger partial charge in [0, 0.05) is 30.1 Å². The fraction of sp³-hybridized carbons (Fsp3) is 0.105. The molecule has 28 heavy (non-hydrogen) atoms. The summed E-state index contributed by atoms with van der Waals surface area (Å²) in [5.41, 5.74) is 2.14. The highest BCUT2D eigenvalue weighted by atomic mass is 19.4. The van der Waals surface area contributed by atoms with Crippen molar-refractivity contribution in [2.75, 3.05) is 5.32 Å². The molecule has 0 aliphatic rings. The highest BCUT2D eigenvalue weighted by Crippen LogP contribution is 2.29. The largest absolute Gasteiger partial charge is 0.433 e. The molecule has 0 bridgehead atoms. The molecule has 0 unspecified atom stereocenters. The molecule has 0 spiro atoms. The molecule has 3 aromatic rings. The van der Waals surface area contributed by atoms with Crippen molar-refractivity contribution in [3.63, 3.8) is 0 Å². The normalized spacial score (nSPS) is 11.3. The zero-order chi connectivity index (χ0) is 20.3. The van der Waals surface area contributed by atoms with Gasteiger partial charge in [0.1, 0.15) is 11.5 Å². The highest BCUT2D eigenvalue weighted by Gasteiger charge is 2.32. The van der Waals surface area contributed by atoms with Gasteiger partial charge in [-0.15, -0.1) is 0 Å². The SMILES string of the molecule is C=C(Nc1cn[nH]c1C(=C)Cc1ccc(C(F)(F)F)nc1)c1cncc(F)c1. The molecule has 0 saturated heterocycles. The van der Waals surface area contributed by atoms with Crippen LogP contribution >= 0.6 is 0 Å². The predicted molar refractivity (Wildman–Crippen MR) is 97.4 cm³/mol. The summed E-state index contributed by atoms with van der Waals surface area (Å²) in [6.07, 6.45) is 0.983. The Balaban J connectivity index is 1.72. The highest BCUT2D eigenvalue weighted by molar-refractivity contribution is 5.81. The number of anilines is 1. The average molecular weight is 389 g/mol. The van der Waals surface area contributed by atoms with E-state index in [1.165, 1.54) is 24.5 Å². The number of hydrogen-bond acceptors (Lipinski definition) is 4. The Kier molecular flexibility index (Phi) is 5.25. The van der Waals surface area contributed by atoms with Crippen LogP contribution in [-0.2, 0) is 12.6 Å². The number of hydrogen-bond donors (Lipinski definition) is 2.